The summed E-state index contributed by atoms with van der Waals surface area (Å²) in [6, 6.07) is 5.89. The summed E-state index contributed by atoms with van der Waals surface area (Å²) < 4.78 is 0. The Hall–Kier alpha value is -1.91. The number of amides is 1. The van der Waals surface area contributed by atoms with Crippen LogP contribution in [0.4, 0.5) is 5.69 Å². The molecular weight excluding hydrogens is 160 g/mol. The average molecular weight is 166 g/mol. The number of nitro groups is 1. The van der Waals surface area contributed by atoms with Crippen LogP contribution >= 0.6 is 0 Å². The second-order valence-corrected chi connectivity index (χ2v) is 2.15. The fourth-order valence-corrected chi connectivity index (χ4v) is 0.790. The molecule has 0 unspecified atom stereocenters. The number of nitrogens with zero attached hydrogens (tertiary/aromatic N) is 1. The molecule has 1 rings (SSSR count). The molecule has 0 aliphatic rings. The van der Waals surface area contributed by atoms with Crippen molar-refractivity contribution in [3.8, 4) is 0 Å². The molecule has 62 valence electrons. The molecule has 0 aromatic heterocycles. The SMILES string of the molecule is Nc1ccccc1C(=O)[N+](=O)[O-]. The summed E-state index contributed by atoms with van der Waals surface area (Å²) in [6.07, 6.45) is 0. The molecule has 0 fully saturated rings. The smallest absolute Gasteiger partial charge is 0.398 e. The number of para-hydroxylation sites is 1. The van der Waals surface area contributed by atoms with Crippen molar-refractivity contribution in [1.29, 1.82) is 0 Å². The van der Waals surface area contributed by atoms with Crippen molar-refractivity contribution >= 4 is 11.6 Å². The molecule has 5 heteroatoms. The number of anilines is 1. The lowest BCUT2D eigenvalue weighted by molar-refractivity contribution is -0.375. The largest absolute Gasteiger partial charge is 0.478 e. The van der Waals surface area contributed by atoms with Crippen molar-refractivity contribution in [2.45, 2.75) is 0 Å². The van der Waals surface area contributed by atoms with Crippen LogP contribution in [0.2, 0.25) is 0 Å². The molecule has 0 aliphatic carbocycles. The summed E-state index contributed by atoms with van der Waals surface area (Å²) >= 11 is 0. The predicted octanol–water partition coefficient (Wildman–Crippen LogP) is 0.686. The maximum atomic E-state index is 10.8. The van der Waals surface area contributed by atoms with Crippen molar-refractivity contribution in [1.82, 2.24) is 0 Å². The number of carbonyl (C=O) groups excluding carboxylic acids is 1. The van der Waals surface area contributed by atoms with Gasteiger partial charge in [-0.15, -0.1) is 0 Å². The van der Waals surface area contributed by atoms with Crippen LogP contribution < -0.4 is 5.73 Å². The van der Waals surface area contributed by atoms with E-state index in [9.17, 15) is 14.9 Å². The van der Waals surface area contributed by atoms with Crippen molar-refractivity contribution in [2.75, 3.05) is 5.73 Å². The average Bonchev–Trinajstić information content (AvgIpc) is 2.04. The highest BCUT2D eigenvalue weighted by molar-refractivity contribution is 5.93. The Labute approximate surface area is 68.0 Å². The van der Waals surface area contributed by atoms with Gasteiger partial charge in [-0.25, -0.2) is 4.79 Å². The molecule has 0 atom stereocenters. The first-order valence-electron chi connectivity index (χ1n) is 3.16. The van der Waals surface area contributed by atoms with Crippen LogP contribution in [-0.2, 0) is 0 Å². The van der Waals surface area contributed by atoms with Gasteiger partial charge in [-0.3, -0.25) is 10.1 Å². The molecule has 1 aromatic rings. The third kappa shape index (κ3) is 1.39. The molecular formula is C7H6N2O3. The highest BCUT2D eigenvalue weighted by atomic mass is 16.6. The molecule has 1 amide bonds. The van der Waals surface area contributed by atoms with Gasteiger partial charge < -0.3 is 5.73 Å². The highest BCUT2D eigenvalue weighted by Gasteiger charge is 2.20. The van der Waals surface area contributed by atoms with Crippen LogP contribution in [0.5, 0.6) is 0 Å². The lowest BCUT2D eigenvalue weighted by atomic mass is 10.2. The zero-order valence-electron chi connectivity index (χ0n) is 6.06. The van der Waals surface area contributed by atoms with E-state index in [1.807, 2.05) is 0 Å². The van der Waals surface area contributed by atoms with E-state index in [0.29, 0.717) is 0 Å². The molecule has 5 nitrogen and oxygen atoms in total. The number of nitrogens with two attached hydrogens (primary N) is 1. The van der Waals surface area contributed by atoms with Gasteiger partial charge >= 0.3 is 5.91 Å². The fourth-order valence-electron chi connectivity index (χ4n) is 0.790. The fraction of sp³-hybridized carbons (Fsp3) is 0. The van der Waals surface area contributed by atoms with E-state index in [1.165, 1.54) is 18.2 Å². The monoisotopic (exact) mass is 166 g/mol. The lowest BCUT2D eigenvalue weighted by Crippen LogP contribution is -2.13. The van der Waals surface area contributed by atoms with E-state index in [4.69, 9.17) is 5.73 Å². The Kier molecular flexibility index (Phi) is 2.05. The van der Waals surface area contributed by atoms with E-state index >= 15 is 0 Å². The number of rotatable bonds is 1. The zero-order chi connectivity index (χ0) is 9.14. The van der Waals surface area contributed by atoms with Crippen molar-refractivity contribution in [2.24, 2.45) is 0 Å². The van der Waals surface area contributed by atoms with E-state index < -0.39 is 10.8 Å². The third-order valence-electron chi connectivity index (χ3n) is 1.36. The van der Waals surface area contributed by atoms with Crippen LogP contribution in [0.25, 0.3) is 0 Å². The highest BCUT2D eigenvalue weighted by Crippen LogP contribution is 2.10. The van der Waals surface area contributed by atoms with Gasteiger partial charge in [0.05, 0.1) is 0 Å². The Morgan fingerprint density at radius 3 is 2.50 bits per heavy atom. The third-order valence-corrected chi connectivity index (χ3v) is 1.36. The summed E-state index contributed by atoms with van der Waals surface area (Å²) in [4.78, 5) is 19.8. The molecule has 0 spiro atoms. The predicted molar refractivity (Wildman–Crippen MR) is 42.2 cm³/mol. The van der Waals surface area contributed by atoms with Crippen LogP contribution in [0.15, 0.2) is 24.3 Å². The Bertz CT molecular complexity index is 335. The van der Waals surface area contributed by atoms with Gasteiger partial charge in [-0.2, -0.15) is 0 Å². The Morgan fingerprint density at radius 1 is 1.42 bits per heavy atom. The van der Waals surface area contributed by atoms with Crippen LogP contribution in [-0.4, -0.2) is 10.8 Å². The molecule has 12 heavy (non-hydrogen) atoms. The minimum atomic E-state index is -1.17. The van der Waals surface area contributed by atoms with Gasteiger partial charge in [0.15, 0.2) is 0 Å². The summed E-state index contributed by atoms with van der Waals surface area (Å²) in [5.41, 5.74) is 5.39. The summed E-state index contributed by atoms with van der Waals surface area (Å²) in [5.74, 6) is -1.17. The number of benzene rings is 1. The Balaban J connectivity index is 3.11. The molecule has 0 radical (unpaired) electrons. The summed E-state index contributed by atoms with van der Waals surface area (Å²) in [5, 5.41) is 10.1. The second kappa shape index (κ2) is 3.00. The number of hydrogen-bond acceptors (Lipinski definition) is 4. The van der Waals surface area contributed by atoms with Crippen LogP contribution in [0.1, 0.15) is 10.4 Å². The maximum absolute atomic E-state index is 10.8. The van der Waals surface area contributed by atoms with Gasteiger partial charge in [-0.1, -0.05) is 12.1 Å². The van der Waals surface area contributed by atoms with E-state index in [2.05, 4.69) is 0 Å². The molecule has 0 saturated heterocycles. The van der Waals surface area contributed by atoms with Gasteiger partial charge in [0.25, 0.3) is 0 Å². The van der Waals surface area contributed by atoms with Crippen molar-refractivity contribution < 1.29 is 9.72 Å². The van der Waals surface area contributed by atoms with Gasteiger partial charge in [0, 0.05) is 5.69 Å². The number of nitrogen functional groups attached to an aromatic ring is 1. The topological polar surface area (TPSA) is 86.2 Å². The lowest BCUT2D eigenvalue weighted by Gasteiger charge is -1.95. The van der Waals surface area contributed by atoms with Gasteiger partial charge in [-0.05, 0) is 12.1 Å². The quantitative estimate of drug-likeness (QED) is 0.377. The maximum Gasteiger partial charge on any atom is 0.478 e. The molecule has 0 saturated carbocycles. The first-order valence-corrected chi connectivity index (χ1v) is 3.16. The van der Waals surface area contributed by atoms with Crippen molar-refractivity contribution in [3.05, 3.63) is 39.9 Å². The molecule has 0 aliphatic heterocycles. The van der Waals surface area contributed by atoms with Gasteiger partial charge in [0.1, 0.15) is 10.5 Å². The Morgan fingerprint density at radius 2 is 2.00 bits per heavy atom. The van der Waals surface area contributed by atoms with E-state index in [-0.39, 0.29) is 11.3 Å². The minimum Gasteiger partial charge on any atom is -0.398 e. The first kappa shape index (κ1) is 8.19. The van der Waals surface area contributed by atoms with Gasteiger partial charge in [0.2, 0.25) is 0 Å². The number of hydrogen-bond donors (Lipinski definition) is 1. The molecule has 0 heterocycles. The van der Waals surface area contributed by atoms with E-state index in [0.717, 1.165) is 0 Å². The number of carbonyl (C=O) groups is 1. The zero-order valence-corrected chi connectivity index (χ0v) is 6.06. The summed E-state index contributed by atoms with van der Waals surface area (Å²) in [7, 11) is 0. The first-order chi connectivity index (χ1) is 5.63. The molecule has 0 bridgehead atoms. The van der Waals surface area contributed by atoms with Crippen LogP contribution in [0.3, 0.4) is 0 Å². The van der Waals surface area contributed by atoms with Crippen LogP contribution in [0, 0.1) is 10.1 Å². The van der Waals surface area contributed by atoms with Crippen molar-refractivity contribution in [3.63, 3.8) is 0 Å². The van der Waals surface area contributed by atoms with E-state index in [1.54, 1.807) is 6.07 Å². The minimum absolute atomic E-state index is 0.0671. The summed E-state index contributed by atoms with van der Waals surface area (Å²) in [6.45, 7) is 0. The molecule has 2 N–H and O–H groups in total. The molecule has 1 aromatic carbocycles. The second-order valence-electron chi connectivity index (χ2n) is 2.15. The standard InChI is InChI=1S/C7H6N2O3/c8-6-4-2-1-3-5(6)7(10)9(11)12/h1-4H,8H2. The normalized spacial score (nSPS) is 9.33.